The first-order valence-electron chi connectivity index (χ1n) is 6.09. The zero-order chi connectivity index (χ0) is 13.2. The summed E-state index contributed by atoms with van der Waals surface area (Å²) in [5, 5.41) is 0. The molecule has 6 nitrogen and oxygen atoms in total. The Morgan fingerprint density at radius 2 is 2.00 bits per heavy atom. The Balaban J connectivity index is 2.18. The molecule has 1 aliphatic heterocycles. The number of nitrogens with two attached hydrogens (primary N) is 1. The molecule has 0 spiro atoms. The predicted octanol–water partition coefficient (Wildman–Crippen LogP) is 0.246. The summed E-state index contributed by atoms with van der Waals surface area (Å²) >= 11 is 0. The van der Waals surface area contributed by atoms with Crippen LogP contribution in [-0.2, 0) is 16.3 Å². The second-order valence-corrected chi connectivity index (χ2v) is 6.76. The van der Waals surface area contributed by atoms with Crippen LogP contribution in [0.25, 0.3) is 0 Å². The lowest BCUT2D eigenvalue weighted by atomic mass is 10.3. The fourth-order valence-corrected chi connectivity index (χ4v) is 3.14. The van der Waals surface area contributed by atoms with Crippen LogP contribution in [0.1, 0.15) is 19.2 Å². The predicted molar refractivity (Wildman–Crippen MR) is 71.3 cm³/mol. The highest BCUT2D eigenvalue weighted by molar-refractivity contribution is 7.91. The van der Waals surface area contributed by atoms with Crippen molar-refractivity contribution in [3.05, 3.63) is 11.9 Å². The van der Waals surface area contributed by atoms with Gasteiger partial charge in [-0.2, -0.15) is 0 Å². The van der Waals surface area contributed by atoms with Crippen LogP contribution in [0.3, 0.4) is 0 Å². The Bertz CT molecular complexity index is 516. The van der Waals surface area contributed by atoms with E-state index in [2.05, 4.69) is 16.9 Å². The summed E-state index contributed by atoms with van der Waals surface area (Å²) < 4.78 is 22.8. The van der Waals surface area contributed by atoms with Gasteiger partial charge in [0.2, 0.25) is 0 Å². The molecule has 7 heteroatoms. The first kappa shape index (κ1) is 13.1. The van der Waals surface area contributed by atoms with E-state index in [1.54, 1.807) is 6.07 Å². The maximum Gasteiger partial charge on any atom is 0.153 e. The second-order valence-electron chi connectivity index (χ2n) is 4.46. The Morgan fingerprint density at radius 1 is 1.33 bits per heavy atom. The molecular formula is C11H18N4O2S. The fraction of sp³-hybridized carbons (Fsp3) is 0.636. The van der Waals surface area contributed by atoms with Crippen molar-refractivity contribution in [3.8, 4) is 0 Å². The minimum absolute atomic E-state index is 0.181. The van der Waals surface area contributed by atoms with Crippen LogP contribution >= 0.6 is 0 Å². The SMILES string of the molecule is CCCc1nc(N)cc(N2CCS(=O)(=O)CC2)n1. The van der Waals surface area contributed by atoms with Crippen LogP contribution in [-0.4, -0.2) is 43.0 Å². The third kappa shape index (κ3) is 3.10. The molecule has 0 radical (unpaired) electrons. The number of sulfone groups is 1. The molecule has 100 valence electrons. The minimum atomic E-state index is -2.87. The van der Waals surface area contributed by atoms with Crippen LogP contribution < -0.4 is 10.6 Å². The number of anilines is 2. The molecule has 0 saturated carbocycles. The lowest BCUT2D eigenvalue weighted by molar-refractivity contribution is 0.586. The van der Waals surface area contributed by atoms with E-state index in [0.29, 0.717) is 18.9 Å². The summed E-state index contributed by atoms with van der Waals surface area (Å²) in [5.74, 6) is 2.26. The zero-order valence-electron chi connectivity index (χ0n) is 10.5. The quantitative estimate of drug-likeness (QED) is 0.846. The third-order valence-corrected chi connectivity index (χ3v) is 4.53. The second kappa shape index (κ2) is 5.09. The van der Waals surface area contributed by atoms with E-state index in [-0.39, 0.29) is 11.5 Å². The smallest absolute Gasteiger partial charge is 0.153 e. The number of hydrogen-bond donors (Lipinski definition) is 1. The summed E-state index contributed by atoms with van der Waals surface area (Å²) in [4.78, 5) is 10.6. The van der Waals surface area contributed by atoms with E-state index in [1.165, 1.54) is 0 Å². The Hall–Kier alpha value is -1.37. The molecule has 2 N–H and O–H groups in total. The average molecular weight is 270 g/mol. The van der Waals surface area contributed by atoms with Crippen LogP contribution in [0.5, 0.6) is 0 Å². The number of nitrogen functional groups attached to an aromatic ring is 1. The summed E-state index contributed by atoms with van der Waals surface area (Å²) in [5.41, 5.74) is 5.75. The van der Waals surface area contributed by atoms with Crippen molar-refractivity contribution in [1.29, 1.82) is 0 Å². The van der Waals surface area contributed by atoms with Crippen LogP contribution in [0.2, 0.25) is 0 Å². The minimum Gasteiger partial charge on any atom is -0.384 e. The van der Waals surface area contributed by atoms with Crippen molar-refractivity contribution < 1.29 is 8.42 Å². The normalized spacial score (nSPS) is 18.8. The summed E-state index contributed by atoms with van der Waals surface area (Å²) in [6.45, 7) is 3.01. The number of rotatable bonds is 3. The number of aromatic nitrogens is 2. The number of hydrogen-bond acceptors (Lipinski definition) is 6. The van der Waals surface area contributed by atoms with Crippen molar-refractivity contribution in [2.75, 3.05) is 35.2 Å². The molecular weight excluding hydrogens is 252 g/mol. The summed E-state index contributed by atoms with van der Waals surface area (Å²) in [6, 6.07) is 1.71. The van der Waals surface area contributed by atoms with E-state index in [1.807, 2.05) is 4.90 Å². The van der Waals surface area contributed by atoms with Crippen molar-refractivity contribution in [3.63, 3.8) is 0 Å². The van der Waals surface area contributed by atoms with Gasteiger partial charge >= 0.3 is 0 Å². The lowest BCUT2D eigenvalue weighted by Crippen LogP contribution is -2.40. The average Bonchev–Trinajstić information content (AvgIpc) is 2.28. The van der Waals surface area contributed by atoms with Gasteiger partial charge in [-0.3, -0.25) is 0 Å². The molecule has 0 atom stereocenters. The van der Waals surface area contributed by atoms with Gasteiger partial charge in [0.25, 0.3) is 0 Å². The van der Waals surface area contributed by atoms with Gasteiger partial charge in [0.05, 0.1) is 11.5 Å². The molecule has 2 rings (SSSR count). The van der Waals surface area contributed by atoms with Crippen molar-refractivity contribution in [2.45, 2.75) is 19.8 Å². The number of aryl methyl sites for hydroxylation is 1. The van der Waals surface area contributed by atoms with Gasteiger partial charge in [-0.1, -0.05) is 6.92 Å². The fourth-order valence-electron chi connectivity index (χ4n) is 1.94. The van der Waals surface area contributed by atoms with Gasteiger partial charge in [-0.15, -0.1) is 0 Å². The first-order valence-corrected chi connectivity index (χ1v) is 7.91. The van der Waals surface area contributed by atoms with E-state index in [9.17, 15) is 8.42 Å². The van der Waals surface area contributed by atoms with Crippen molar-refractivity contribution >= 4 is 21.5 Å². The van der Waals surface area contributed by atoms with Gasteiger partial charge in [0.1, 0.15) is 17.5 Å². The highest BCUT2D eigenvalue weighted by atomic mass is 32.2. The topological polar surface area (TPSA) is 89.2 Å². The molecule has 0 aliphatic carbocycles. The van der Waals surface area contributed by atoms with E-state index in [4.69, 9.17) is 5.73 Å². The van der Waals surface area contributed by atoms with Gasteiger partial charge in [0.15, 0.2) is 9.84 Å². The summed E-state index contributed by atoms with van der Waals surface area (Å²) in [6.07, 6.45) is 1.74. The molecule has 1 aliphatic rings. The van der Waals surface area contributed by atoms with Crippen LogP contribution in [0.4, 0.5) is 11.6 Å². The standard InChI is InChI=1S/C11H18N4O2S/c1-2-3-10-13-9(12)8-11(14-10)15-4-6-18(16,17)7-5-15/h8H,2-7H2,1H3,(H2,12,13,14). The van der Waals surface area contributed by atoms with E-state index in [0.717, 1.165) is 24.5 Å². The van der Waals surface area contributed by atoms with Gasteiger partial charge in [0, 0.05) is 25.6 Å². The van der Waals surface area contributed by atoms with Gasteiger partial charge in [-0.05, 0) is 6.42 Å². The molecule has 18 heavy (non-hydrogen) atoms. The third-order valence-electron chi connectivity index (χ3n) is 2.92. The van der Waals surface area contributed by atoms with Gasteiger partial charge in [-0.25, -0.2) is 18.4 Å². The molecule has 0 amide bonds. The monoisotopic (exact) mass is 270 g/mol. The first-order chi connectivity index (χ1) is 8.50. The molecule has 1 aromatic rings. The molecule has 0 aromatic carbocycles. The molecule has 2 heterocycles. The number of nitrogens with zero attached hydrogens (tertiary/aromatic N) is 3. The Labute approximate surface area is 107 Å². The molecule has 0 unspecified atom stereocenters. The highest BCUT2D eigenvalue weighted by Gasteiger charge is 2.22. The highest BCUT2D eigenvalue weighted by Crippen LogP contribution is 2.17. The van der Waals surface area contributed by atoms with Crippen molar-refractivity contribution in [2.24, 2.45) is 0 Å². The summed E-state index contributed by atoms with van der Waals surface area (Å²) in [7, 11) is -2.87. The maximum absolute atomic E-state index is 11.4. The lowest BCUT2D eigenvalue weighted by Gasteiger charge is -2.28. The van der Waals surface area contributed by atoms with E-state index >= 15 is 0 Å². The van der Waals surface area contributed by atoms with Gasteiger partial charge < -0.3 is 10.6 Å². The Morgan fingerprint density at radius 3 is 2.61 bits per heavy atom. The molecule has 1 fully saturated rings. The van der Waals surface area contributed by atoms with Crippen LogP contribution in [0.15, 0.2) is 6.07 Å². The molecule has 1 aromatic heterocycles. The Kier molecular flexibility index (Phi) is 3.70. The van der Waals surface area contributed by atoms with Crippen molar-refractivity contribution in [1.82, 2.24) is 9.97 Å². The van der Waals surface area contributed by atoms with E-state index < -0.39 is 9.84 Å². The van der Waals surface area contributed by atoms with Crippen LogP contribution in [0, 0.1) is 0 Å². The largest absolute Gasteiger partial charge is 0.384 e. The molecule has 1 saturated heterocycles. The maximum atomic E-state index is 11.4. The zero-order valence-corrected chi connectivity index (χ0v) is 11.3. The molecule has 0 bridgehead atoms.